The highest BCUT2D eigenvalue weighted by Gasteiger charge is 2.20. The van der Waals surface area contributed by atoms with Crippen molar-refractivity contribution in [2.24, 2.45) is 0 Å². The van der Waals surface area contributed by atoms with Gasteiger partial charge >= 0.3 is 0 Å². The van der Waals surface area contributed by atoms with Gasteiger partial charge in [0.25, 0.3) is 0 Å². The molecule has 0 amide bonds. The highest BCUT2D eigenvalue weighted by Crippen LogP contribution is 2.36. The predicted octanol–water partition coefficient (Wildman–Crippen LogP) is 4.10. The number of benzene rings is 2. The summed E-state index contributed by atoms with van der Waals surface area (Å²) in [5.74, 6) is 0.933. The Labute approximate surface area is 124 Å². The molecule has 1 fully saturated rings. The summed E-state index contributed by atoms with van der Waals surface area (Å²) in [6, 6.07) is 17.5. The number of hydrogen-bond donors (Lipinski definition) is 1. The molecule has 0 heterocycles. The highest BCUT2D eigenvalue weighted by atomic mass is 32.2. The van der Waals surface area contributed by atoms with E-state index in [1.807, 2.05) is 12.1 Å². The quantitative estimate of drug-likeness (QED) is 0.863. The first kappa shape index (κ1) is 13.5. The van der Waals surface area contributed by atoms with E-state index in [2.05, 4.69) is 41.7 Å². The van der Waals surface area contributed by atoms with Crippen LogP contribution < -0.4 is 10.1 Å². The van der Waals surface area contributed by atoms with Gasteiger partial charge in [-0.3, -0.25) is 0 Å². The lowest BCUT2D eigenvalue weighted by Gasteiger charge is -2.12. The molecule has 3 rings (SSSR count). The fraction of sp³-hybridized carbons (Fsp3) is 0.294. The zero-order valence-electron chi connectivity index (χ0n) is 11.6. The van der Waals surface area contributed by atoms with Crippen LogP contribution in [0.5, 0.6) is 5.75 Å². The molecule has 1 aliphatic rings. The number of nitrogens with one attached hydrogen (secondary N) is 1. The molecule has 0 spiro atoms. The number of hydrogen-bond acceptors (Lipinski definition) is 3. The Morgan fingerprint density at radius 1 is 1.05 bits per heavy atom. The minimum Gasteiger partial charge on any atom is -0.496 e. The van der Waals surface area contributed by atoms with Crippen molar-refractivity contribution >= 4 is 11.8 Å². The van der Waals surface area contributed by atoms with Crippen molar-refractivity contribution in [3.8, 4) is 5.75 Å². The van der Waals surface area contributed by atoms with Crippen LogP contribution in [-0.4, -0.2) is 13.2 Å². The maximum atomic E-state index is 5.43. The average molecular weight is 285 g/mol. The van der Waals surface area contributed by atoms with E-state index in [1.54, 1.807) is 18.9 Å². The van der Waals surface area contributed by atoms with E-state index in [9.17, 15) is 0 Å². The predicted molar refractivity (Wildman–Crippen MR) is 83.4 cm³/mol. The lowest BCUT2D eigenvalue weighted by molar-refractivity contribution is 0.405. The van der Waals surface area contributed by atoms with E-state index >= 15 is 0 Å². The lowest BCUT2D eigenvalue weighted by atomic mass is 10.2. The largest absolute Gasteiger partial charge is 0.496 e. The summed E-state index contributed by atoms with van der Waals surface area (Å²) in [5, 5.41) is 3.58. The van der Waals surface area contributed by atoms with E-state index in [0.717, 1.165) is 23.2 Å². The zero-order chi connectivity index (χ0) is 13.8. The molecule has 1 N–H and O–H groups in total. The Hall–Kier alpha value is -1.45. The van der Waals surface area contributed by atoms with Crippen molar-refractivity contribution in [2.45, 2.75) is 35.2 Å². The number of para-hydroxylation sites is 1. The Morgan fingerprint density at radius 3 is 2.50 bits per heavy atom. The summed E-state index contributed by atoms with van der Waals surface area (Å²) >= 11 is 1.77. The minimum atomic E-state index is 0.735. The lowest BCUT2D eigenvalue weighted by Crippen LogP contribution is -2.15. The average Bonchev–Trinajstić information content (AvgIpc) is 3.31. The Morgan fingerprint density at radius 2 is 1.75 bits per heavy atom. The molecule has 1 aliphatic carbocycles. The molecule has 1 saturated carbocycles. The second-order valence-electron chi connectivity index (χ2n) is 5.02. The van der Waals surface area contributed by atoms with Crippen LogP contribution in [0, 0.1) is 0 Å². The topological polar surface area (TPSA) is 21.3 Å². The van der Waals surface area contributed by atoms with Gasteiger partial charge in [0.05, 0.1) is 12.0 Å². The molecule has 0 saturated heterocycles. The van der Waals surface area contributed by atoms with Gasteiger partial charge in [-0.15, -0.1) is 0 Å². The van der Waals surface area contributed by atoms with Gasteiger partial charge in [0.1, 0.15) is 5.75 Å². The Balaban J connectivity index is 1.78. The van der Waals surface area contributed by atoms with Crippen molar-refractivity contribution in [1.29, 1.82) is 0 Å². The maximum absolute atomic E-state index is 5.43. The first-order chi connectivity index (χ1) is 9.86. The van der Waals surface area contributed by atoms with Crippen molar-refractivity contribution in [2.75, 3.05) is 7.11 Å². The zero-order valence-corrected chi connectivity index (χ0v) is 12.5. The first-order valence-corrected chi connectivity index (χ1v) is 7.80. The van der Waals surface area contributed by atoms with Crippen molar-refractivity contribution < 1.29 is 4.74 Å². The van der Waals surface area contributed by atoms with Gasteiger partial charge in [-0.25, -0.2) is 0 Å². The van der Waals surface area contributed by atoms with E-state index in [1.165, 1.54) is 23.3 Å². The van der Waals surface area contributed by atoms with Crippen LogP contribution in [0.1, 0.15) is 18.4 Å². The number of ether oxygens (including phenoxy) is 1. The van der Waals surface area contributed by atoms with Gasteiger partial charge in [0, 0.05) is 17.5 Å². The third kappa shape index (κ3) is 3.35. The molecule has 0 unspecified atom stereocenters. The van der Waals surface area contributed by atoms with Crippen LogP contribution in [0.3, 0.4) is 0 Å². The van der Waals surface area contributed by atoms with Crippen LogP contribution in [-0.2, 0) is 6.54 Å². The standard InChI is InChI=1S/C17H19NOS/c1-19-15-7-3-5-9-17(15)20-16-8-4-2-6-13(16)12-18-14-10-11-14/h2-9,14,18H,10-12H2,1H3. The molecule has 0 aliphatic heterocycles. The van der Waals surface area contributed by atoms with Crippen LogP contribution in [0.25, 0.3) is 0 Å². The second kappa shape index (κ2) is 6.33. The monoisotopic (exact) mass is 285 g/mol. The third-order valence-corrected chi connectivity index (χ3v) is 4.60. The SMILES string of the molecule is COc1ccccc1Sc1ccccc1CNC1CC1. The fourth-order valence-electron chi connectivity index (χ4n) is 2.11. The minimum absolute atomic E-state index is 0.735. The van der Waals surface area contributed by atoms with E-state index in [4.69, 9.17) is 4.74 Å². The smallest absolute Gasteiger partial charge is 0.132 e. The molecule has 0 radical (unpaired) electrons. The summed E-state index contributed by atoms with van der Waals surface area (Å²) < 4.78 is 5.43. The molecule has 2 nitrogen and oxygen atoms in total. The molecule has 104 valence electrons. The summed E-state index contributed by atoms with van der Waals surface area (Å²) in [5.41, 5.74) is 1.36. The van der Waals surface area contributed by atoms with Crippen molar-refractivity contribution in [1.82, 2.24) is 5.32 Å². The van der Waals surface area contributed by atoms with Crippen LogP contribution in [0.4, 0.5) is 0 Å². The van der Waals surface area contributed by atoms with Crippen LogP contribution >= 0.6 is 11.8 Å². The number of methoxy groups -OCH3 is 1. The normalized spacial score (nSPS) is 14.2. The molecular weight excluding hydrogens is 266 g/mol. The molecular formula is C17H19NOS. The Bertz CT molecular complexity index is 581. The van der Waals surface area contributed by atoms with Crippen molar-refractivity contribution in [3.63, 3.8) is 0 Å². The van der Waals surface area contributed by atoms with Gasteiger partial charge in [0.2, 0.25) is 0 Å². The van der Waals surface area contributed by atoms with Gasteiger partial charge in [-0.1, -0.05) is 42.1 Å². The fourth-order valence-corrected chi connectivity index (χ4v) is 3.17. The second-order valence-corrected chi connectivity index (χ2v) is 6.10. The number of rotatable bonds is 6. The summed E-state index contributed by atoms with van der Waals surface area (Å²) in [7, 11) is 1.72. The summed E-state index contributed by atoms with van der Waals surface area (Å²) in [6.45, 7) is 0.947. The van der Waals surface area contributed by atoms with Gasteiger partial charge in [0.15, 0.2) is 0 Å². The Kier molecular flexibility index (Phi) is 4.28. The third-order valence-electron chi connectivity index (χ3n) is 3.42. The molecule has 0 atom stereocenters. The highest BCUT2D eigenvalue weighted by molar-refractivity contribution is 7.99. The molecule has 2 aromatic rings. The van der Waals surface area contributed by atoms with Crippen molar-refractivity contribution in [3.05, 3.63) is 54.1 Å². The van der Waals surface area contributed by atoms with Gasteiger partial charge < -0.3 is 10.1 Å². The summed E-state index contributed by atoms with van der Waals surface area (Å²) in [4.78, 5) is 2.46. The molecule has 0 aromatic heterocycles. The summed E-state index contributed by atoms with van der Waals surface area (Å²) in [6.07, 6.45) is 2.64. The first-order valence-electron chi connectivity index (χ1n) is 6.99. The van der Waals surface area contributed by atoms with Crippen LogP contribution in [0.15, 0.2) is 58.3 Å². The van der Waals surface area contributed by atoms with E-state index in [-0.39, 0.29) is 0 Å². The molecule has 20 heavy (non-hydrogen) atoms. The van der Waals surface area contributed by atoms with Gasteiger partial charge in [-0.05, 0) is 36.6 Å². The molecule has 3 heteroatoms. The maximum Gasteiger partial charge on any atom is 0.132 e. The van der Waals surface area contributed by atoms with Crippen LogP contribution in [0.2, 0.25) is 0 Å². The van der Waals surface area contributed by atoms with Gasteiger partial charge in [-0.2, -0.15) is 0 Å². The molecule has 0 bridgehead atoms. The molecule has 2 aromatic carbocycles. The van der Waals surface area contributed by atoms with E-state index in [0.29, 0.717) is 0 Å². The van der Waals surface area contributed by atoms with E-state index < -0.39 is 0 Å².